The monoisotopic (exact) mass is 491 g/mol. The summed E-state index contributed by atoms with van der Waals surface area (Å²) in [5.41, 5.74) is 7.61. The van der Waals surface area contributed by atoms with Gasteiger partial charge < -0.3 is 9.64 Å². The van der Waals surface area contributed by atoms with Gasteiger partial charge in [-0.15, -0.1) is 5.10 Å². The molecule has 0 fully saturated rings. The quantitative estimate of drug-likeness (QED) is 0.458. The van der Waals surface area contributed by atoms with Gasteiger partial charge in [-0.05, 0) is 60.7 Å². The molecule has 0 amide bonds. The first-order valence-electron chi connectivity index (χ1n) is 12.6. The summed E-state index contributed by atoms with van der Waals surface area (Å²) in [7, 11) is 4.06. The Morgan fingerprint density at radius 1 is 0.973 bits per heavy atom. The SMILES string of the molecule is CCOC(=O)C1=NN(c2ccccc2)C2=NC3=C(CCc4ccccc43)[C@H](c3ccc(N(C)C)cc3)N12. The zero-order chi connectivity index (χ0) is 25.5. The van der Waals surface area contributed by atoms with Crippen LogP contribution in [0.2, 0.25) is 0 Å². The van der Waals surface area contributed by atoms with Crippen LogP contribution in [0, 0.1) is 0 Å². The second-order valence-electron chi connectivity index (χ2n) is 9.49. The van der Waals surface area contributed by atoms with Crippen molar-refractivity contribution in [2.75, 3.05) is 30.6 Å². The summed E-state index contributed by atoms with van der Waals surface area (Å²) in [5, 5.41) is 6.55. The van der Waals surface area contributed by atoms with Crippen LogP contribution in [-0.4, -0.2) is 43.4 Å². The van der Waals surface area contributed by atoms with Crippen LogP contribution in [0.4, 0.5) is 11.4 Å². The molecule has 2 aliphatic heterocycles. The van der Waals surface area contributed by atoms with E-state index in [1.807, 2.05) is 56.3 Å². The maximum atomic E-state index is 13.3. The Labute approximate surface area is 217 Å². The molecule has 0 radical (unpaired) electrons. The smallest absolute Gasteiger partial charge is 0.376 e. The van der Waals surface area contributed by atoms with E-state index < -0.39 is 5.97 Å². The van der Waals surface area contributed by atoms with E-state index in [0.29, 0.717) is 5.96 Å². The average molecular weight is 492 g/mol. The van der Waals surface area contributed by atoms with E-state index in [2.05, 4.69) is 53.4 Å². The van der Waals surface area contributed by atoms with Crippen molar-refractivity contribution in [3.8, 4) is 0 Å². The van der Waals surface area contributed by atoms with Crippen molar-refractivity contribution in [1.29, 1.82) is 0 Å². The third kappa shape index (κ3) is 3.87. The molecule has 37 heavy (non-hydrogen) atoms. The number of amidine groups is 1. The van der Waals surface area contributed by atoms with Gasteiger partial charge in [0.05, 0.1) is 24.0 Å². The molecular weight excluding hydrogens is 462 g/mol. The molecule has 1 atom stereocenters. The number of ether oxygens (including phenoxy) is 1. The van der Waals surface area contributed by atoms with Crippen molar-refractivity contribution in [2.45, 2.75) is 25.8 Å². The normalized spacial score (nSPS) is 18.0. The molecule has 1 aliphatic carbocycles. The Morgan fingerprint density at radius 2 is 1.70 bits per heavy atom. The molecule has 0 N–H and O–H groups in total. The standard InChI is InChI=1S/C30H29N5O2/c1-4-37-29(36)28-32-35(23-11-6-5-7-12-23)30-31-26-24-13-9-8-10-20(24)16-19-25(26)27(34(28)30)21-14-17-22(18-15-21)33(2)3/h5-15,17-18,27H,4,16,19H2,1-3H3/t27-/m0/s1. The molecular formula is C30H29N5O2. The predicted octanol–water partition coefficient (Wildman–Crippen LogP) is 5.22. The van der Waals surface area contributed by atoms with Gasteiger partial charge in [-0.25, -0.2) is 9.79 Å². The van der Waals surface area contributed by atoms with E-state index in [1.54, 1.807) is 5.01 Å². The maximum Gasteiger partial charge on any atom is 0.376 e. The van der Waals surface area contributed by atoms with Crippen LogP contribution in [0.15, 0.2) is 94.5 Å². The number of guanidine groups is 1. The molecule has 0 saturated heterocycles. The molecule has 0 unspecified atom stereocenters. The van der Waals surface area contributed by atoms with Crippen LogP contribution < -0.4 is 9.91 Å². The van der Waals surface area contributed by atoms with Crippen molar-refractivity contribution in [1.82, 2.24) is 4.90 Å². The minimum absolute atomic E-state index is 0.232. The Morgan fingerprint density at radius 3 is 2.43 bits per heavy atom. The molecule has 0 spiro atoms. The van der Waals surface area contributed by atoms with Crippen LogP contribution in [-0.2, 0) is 16.0 Å². The number of fused-ring (bicyclic) bond motifs is 3. The minimum atomic E-state index is -0.455. The highest BCUT2D eigenvalue weighted by molar-refractivity contribution is 6.41. The van der Waals surface area contributed by atoms with Gasteiger partial charge in [0, 0.05) is 25.3 Å². The van der Waals surface area contributed by atoms with Crippen molar-refractivity contribution < 1.29 is 9.53 Å². The Balaban J connectivity index is 1.57. The summed E-state index contributed by atoms with van der Waals surface area (Å²) >= 11 is 0. The third-order valence-electron chi connectivity index (χ3n) is 7.05. The number of anilines is 2. The molecule has 2 heterocycles. The van der Waals surface area contributed by atoms with E-state index in [4.69, 9.17) is 14.8 Å². The fourth-order valence-corrected chi connectivity index (χ4v) is 5.29. The number of hydrogen-bond donors (Lipinski definition) is 0. The molecule has 7 nitrogen and oxygen atoms in total. The van der Waals surface area contributed by atoms with Gasteiger partial charge in [-0.2, -0.15) is 5.01 Å². The lowest BCUT2D eigenvalue weighted by atomic mass is 9.82. The number of esters is 1. The molecule has 0 saturated carbocycles. The summed E-state index contributed by atoms with van der Waals surface area (Å²) in [6, 6.07) is 26.6. The van der Waals surface area contributed by atoms with Gasteiger partial charge in [0.2, 0.25) is 11.8 Å². The van der Waals surface area contributed by atoms with Crippen molar-refractivity contribution in [3.05, 3.63) is 101 Å². The summed E-state index contributed by atoms with van der Waals surface area (Å²) in [4.78, 5) is 22.5. The van der Waals surface area contributed by atoms with E-state index in [9.17, 15) is 4.79 Å². The molecule has 3 aromatic carbocycles. The second-order valence-corrected chi connectivity index (χ2v) is 9.49. The van der Waals surface area contributed by atoms with E-state index in [0.717, 1.165) is 41.0 Å². The fraction of sp³-hybridized carbons (Fsp3) is 0.233. The number of benzene rings is 3. The summed E-state index contributed by atoms with van der Waals surface area (Å²) < 4.78 is 5.47. The first-order chi connectivity index (χ1) is 18.1. The number of aliphatic imine (C=N–C) groups is 1. The highest BCUT2D eigenvalue weighted by atomic mass is 16.5. The second kappa shape index (κ2) is 9.24. The Kier molecular flexibility index (Phi) is 5.75. The molecule has 186 valence electrons. The number of rotatable bonds is 5. The molecule has 3 aliphatic rings. The number of hydrazone groups is 1. The van der Waals surface area contributed by atoms with Crippen molar-refractivity contribution in [2.24, 2.45) is 10.1 Å². The Hall–Kier alpha value is -4.39. The number of nitrogens with zero attached hydrogens (tertiary/aromatic N) is 5. The molecule has 6 rings (SSSR count). The predicted molar refractivity (Wildman–Crippen MR) is 147 cm³/mol. The number of carbonyl (C=O) groups is 1. The van der Waals surface area contributed by atoms with Gasteiger partial charge in [0.1, 0.15) is 0 Å². The lowest BCUT2D eigenvalue weighted by Crippen LogP contribution is -2.46. The highest BCUT2D eigenvalue weighted by Gasteiger charge is 2.46. The molecule has 3 aromatic rings. The first-order valence-corrected chi connectivity index (χ1v) is 12.6. The average Bonchev–Trinajstić information content (AvgIpc) is 3.32. The number of hydrogen-bond acceptors (Lipinski definition) is 7. The summed E-state index contributed by atoms with van der Waals surface area (Å²) in [5.74, 6) is 0.395. The molecule has 0 aromatic heterocycles. The lowest BCUT2D eigenvalue weighted by Gasteiger charge is -2.39. The van der Waals surface area contributed by atoms with Gasteiger partial charge in [0.25, 0.3) is 0 Å². The van der Waals surface area contributed by atoms with Crippen LogP contribution in [0.5, 0.6) is 0 Å². The number of aryl methyl sites for hydroxylation is 1. The van der Waals surface area contributed by atoms with Crippen LogP contribution in [0.25, 0.3) is 5.70 Å². The number of carbonyl (C=O) groups excluding carboxylic acids is 1. The summed E-state index contributed by atoms with van der Waals surface area (Å²) in [6.07, 6.45) is 1.77. The third-order valence-corrected chi connectivity index (χ3v) is 7.05. The van der Waals surface area contributed by atoms with E-state index in [1.165, 1.54) is 11.1 Å². The van der Waals surface area contributed by atoms with Gasteiger partial charge >= 0.3 is 5.97 Å². The highest BCUT2D eigenvalue weighted by Crippen LogP contribution is 2.47. The zero-order valence-corrected chi connectivity index (χ0v) is 21.3. The summed E-state index contributed by atoms with van der Waals surface area (Å²) in [6.45, 7) is 2.08. The van der Waals surface area contributed by atoms with E-state index in [-0.39, 0.29) is 18.5 Å². The molecule has 7 heteroatoms. The lowest BCUT2D eigenvalue weighted by molar-refractivity contribution is -0.135. The van der Waals surface area contributed by atoms with Crippen molar-refractivity contribution in [3.63, 3.8) is 0 Å². The van der Waals surface area contributed by atoms with Crippen LogP contribution in [0.1, 0.15) is 36.1 Å². The first kappa shape index (κ1) is 23.0. The Bertz CT molecular complexity index is 1440. The minimum Gasteiger partial charge on any atom is -0.460 e. The topological polar surface area (TPSA) is 60.7 Å². The van der Waals surface area contributed by atoms with Gasteiger partial charge in [0.15, 0.2) is 0 Å². The number of para-hydroxylation sites is 1. The molecule has 0 bridgehead atoms. The fourth-order valence-electron chi connectivity index (χ4n) is 5.29. The van der Waals surface area contributed by atoms with Crippen molar-refractivity contribution >= 4 is 34.8 Å². The largest absolute Gasteiger partial charge is 0.460 e. The maximum absolute atomic E-state index is 13.3. The van der Waals surface area contributed by atoms with Gasteiger partial charge in [-0.1, -0.05) is 54.6 Å². The van der Waals surface area contributed by atoms with Crippen LogP contribution in [0.3, 0.4) is 0 Å². The zero-order valence-electron chi connectivity index (χ0n) is 21.3. The van der Waals surface area contributed by atoms with Crippen LogP contribution >= 0.6 is 0 Å². The van der Waals surface area contributed by atoms with Gasteiger partial charge in [-0.3, -0.25) is 4.90 Å². The van der Waals surface area contributed by atoms with E-state index >= 15 is 0 Å².